The molecule has 2 aromatic carbocycles. The average Bonchev–Trinajstić information content (AvgIpc) is 3.05. The molecule has 2 saturated heterocycles. The van der Waals surface area contributed by atoms with Gasteiger partial charge in [0.15, 0.2) is 0 Å². The Morgan fingerprint density at radius 3 is 1.49 bits per heavy atom. The molecule has 2 aliphatic rings. The van der Waals surface area contributed by atoms with Gasteiger partial charge in [0, 0.05) is 76.6 Å². The van der Waals surface area contributed by atoms with Crippen LogP contribution in [0.4, 0.5) is 4.79 Å². The number of hydrogen-bond acceptors (Lipinski definition) is 11. The summed E-state index contributed by atoms with van der Waals surface area (Å²) in [5.74, 6) is 1.67. The van der Waals surface area contributed by atoms with E-state index in [-0.39, 0.29) is 27.6 Å². The van der Waals surface area contributed by atoms with Crippen molar-refractivity contribution in [1.82, 2.24) is 20.0 Å². The second-order valence-corrected chi connectivity index (χ2v) is 15.5. The third-order valence-corrected chi connectivity index (χ3v) is 8.35. The van der Waals surface area contributed by atoms with Gasteiger partial charge in [-0.3, -0.25) is 19.4 Å². The average molecular weight is 745 g/mol. The highest BCUT2D eigenvalue weighted by molar-refractivity contribution is 5.68. The van der Waals surface area contributed by atoms with Gasteiger partial charge in [0.1, 0.15) is 41.5 Å². The van der Waals surface area contributed by atoms with Gasteiger partial charge in [0.25, 0.3) is 12.9 Å². The van der Waals surface area contributed by atoms with Gasteiger partial charge in [-0.2, -0.15) is 0 Å². The summed E-state index contributed by atoms with van der Waals surface area (Å²) in [6.07, 6.45) is -0.256. The molecule has 0 saturated carbocycles. The molecule has 0 unspecified atom stereocenters. The van der Waals surface area contributed by atoms with Crippen molar-refractivity contribution in [1.29, 1.82) is 0 Å². The summed E-state index contributed by atoms with van der Waals surface area (Å²) in [7, 11) is 0. The largest absolute Gasteiger partial charge is 0.489 e. The minimum Gasteiger partial charge on any atom is -0.489 e. The summed E-state index contributed by atoms with van der Waals surface area (Å²) in [6.45, 7) is 27.1. The van der Waals surface area contributed by atoms with E-state index in [9.17, 15) is 14.4 Å². The molecule has 53 heavy (non-hydrogen) atoms. The van der Waals surface area contributed by atoms with Crippen LogP contribution in [0.3, 0.4) is 0 Å². The molecule has 0 radical (unpaired) electrons. The van der Waals surface area contributed by atoms with Crippen molar-refractivity contribution in [3.8, 4) is 11.5 Å². The third kappa shape index (κ3) is 17.2. The van der Waals surface area contributed by atoms with E-state index in [1.807, 2.05) is 61.5 Å². The summed E-state index contributed by atoms with van der Waals surface area (Å²) in [5, 5.41) is 3.36. The van der Waals surface area contributed by atoms with Crippen LogP contribution in [0, 0.1) is 13.8 Å². The Labute approximate surface area is 319 Å². The number of benzene rings is 2. The van der Waals surface area contributed by atoms with Crippen molar-refractivity contribution in [2.45, 2.75) is 107 Å². The van der Waals surface area contributed by atoms with Gasteiger partial charge in [0.2, 0.25) is 0 Å². The Bertz CT molecular complexity index is 1410. The van der Waals surface area contributed by atoms with E-state index in [1.165, 1.54) is 5.56 Å². The number of rotatable bonds is 14. The Hall–Kier alpha value is -3.87. The molecule has 1 N–H and O–H groups in total. The Morgan fingerprint density at radius 2 is 1.09 bits per heavy atom. The second-order valence-electron chi connectivity index (χ2n) is 15.5. The Morgan fingerprint density at radius 1 is 0.679 bits per heavy atom. The van der Waals surface area contributed by atoms with Crippen LogP contribution >= 0.6 is 0 Å². The first-order valence-electron chi connectivity index (χ1n) is 17.8. The molecule has 300 valence electrons. The number of carbonyl (C=O) groups is 3. The van der Waals surface area contributed by atoms with Gasteiger partial charge in [0.05, 0.1) is 0 Å². The van der Waals surface area contributed by atoms with Gasteiger partial charge >= 0.3 is 6.09 Å². The van der Waals surface area contributed by atoms with E-state index in [1.54, 1.807) is 4.90 Å². The first-order chi connectivity index (χ1) is 24.0. The zero-order valence-electron chi connectivity index (χ0n) is 32.2. The third-order valence-electron chi connectivity index (χ3n) is 8.35. The smallest absolute Gasteiger partial charge is 0.410 e. The van der Waals surface area contributed by atoms with E-state index in [4.69, 9.17) is 23.7 Å². The predicted molar refractivity (Wildman–Crippen MR) is 210 cm³/mol. The van der Waals surface area contributed by atoms with Crippen LogP contribution < -0.4 is 14.8 Å². The minimum atomic E-state index is -0.693. The number of nitrogens with zero attached hydrogens (tertiary/aromatic N) is 3. The van der Waals surface area contributed by atoms with Gasteiger partial charge in [-0.15, -0.1) is 0 Å². The number of carbonyl (C=O) groups excluding carboxylic acids is 3. The molecule has 1 amide bonds. The second kappa shape index (κ2) is 21.7. The number of amides is 1. The molecule has 4 rings (SSSR count). The molecular weight excluding hydrogens is 676 g/mol. The van der Waals surface area contributed by atoms with E-state index in [0.717, 1.165) is 80.5 Å². The van der Waals surface area contributed by atoms with Crippen LogP contribution in [0.2, 0.25) is 0 Å². The number of hydrogen-bond donors (Lipinski definition) is 1. The molecule has 2 heterocycles. The van der Waals surface area contributed by atoms with E-state index in [2.05, 4.69) is 52.4 Å². The lowest BCUT2D eigenvalue weighted by molar-refractivity contribution is -0.143. The van der Waals surface area contributed by atoms with Crippen molar-refractivity contribution in [3.63, 3.8) is 0 Å². The molecule has 2 fully saturated rings. The molecule has 12 heteroatoms. The van der Waals surface area contributed by atoms with Gasteiger partial charge in [-0.25, -0.2) is 4.79 Å². The van der Waals surface area contributed by atoms with Crippen LogP contribution in [0.1, 0.15) is 85.6 Å². The molecule has 0 aromatic heterocycles. The van der Waals surface area contributed by atoms with Crippen molar-refractivity contribution in [3.05, 3.63) is 58.7 Å². The summed E-state index contributed by atoms with van der Waals surface area (Å²) in [5.41, 5.74) is 2.71. The minimum absolute atomic E-state index is 0. The maximum Gasteiger partial charge on any atom is 0.410 e. The standard InChI is InChI=1S/C22H34N2O5.C17H26N2O3.2CH4/c1-17-7-8-18(19(13-17)27-15-22(5,6)28-16-25)14-23-9-11-24(12-10-23)20(26)29-21(2,3)4;1-14-4-5-15(11-19-8-6-18-7-9-19)16(10-14)21-12-17(2,3)22-13-20;;/h7-8,13,16H,9-12,14-15H2,1-6H3;4-5,10,13,18H,6-9,11-12H2,1-3H3;2*1H4. The lowest BCUT2D eigenvalue weighted by atomic mass is 10.1. The van der Waals surface area contributed by atoms with E-state index < -0.39 is 16.8 Å². The van der Waals surface area contributed by atoms with Crippen LogP contribution in [-0.4, -0.2) is 116 Å². The molecule has 0 spiro atoms. The molecule has 2 aromatic rings. The zero-order chi connectivity index (χ0) is 37.7. The van der Waals surface area contributed by atoms with Gasteiger partial charge < -0.3 is 33.9 Å². The molecule has 0 atom stereocenters. The van der Waals surface area contributed by atoms with E-state index >= 15 is 0 Å². The highest BCUT2D eigenvalue weighted by atomic mass is 16.6. The maximum atomic E-state index is 12.2. The van der Waals surface area contributed by atoms with E-state index in [0.29, 0.717) is 32.6 Å². The SMILES string of the molecule is C.C.Cc1ccc(CN2CCN(C(=O)OC(C)(C)C)CC2)c(OCC(C)(C)OC=O)c1.Cc1ccc(CN2CCNCC2)c(OCC(C)(C)OC=O)c1. The van der Waals surface area contributed by atoms with Crippen LogP contribution in [0.15, 0.2) is 36.4 Å². The predicted octanol–water partition coefficient (Wildman–Crippen LogP) is 6.38. The summed E-state index contributed by atoms with van der Waals surface area (Å²) in [4.78, 5) is 39.9. The number of ether oxygens (including phenoxy) is 5. The van der Waals surface area contributed by atoms with Crippen molar-refractivity contribution < 1.29 is 38.1 Å². The summed E-state index contributed by atoms with van der Waals surface area (Å²) in [6, 6.07) is 12.4. The zero-order valence-corrected chi connectivity index (χ0v) is 32.2. The Balaban J connectivity index is 0.000000528. The lowest BCUT2D eigenvalue weighted by Crippen LogP contribution is -2.49. The fraction of sp³-hybridized carbons (Fsp3) is 0.634. The Kier molecular flexibility index (Phi) is 19.3. The number of nitrogens with one attached hydrogen (secondary N) is 1. The fourth-order valence-corrected chi connectivity index (χ4v) is 5.45. The van der Waals surface area contributed by atoms with Crippen molar-refractivity contribution >= 4 is 19.0 Å². The summed E-state index contributed by atoms with van der Waals surface area (Å²) >= 11 is 0. The van der Waals surface area contributed by atoms with Crippen LogP contribution in [-0.2, 0) is 36.9 Å². The molecule has 0 bridgehead atoms. The highest BCUT2D eigenvalue weighted by Crippen LogP contribution is 2.26. The van der Waals surface area contributed by atoms with Crippen molar-refractivity contribution in [2.75, 3.05) is 65.6 Å². The van der Waals surface area contributed by atoms with Crippen LogP contribution in [0.25, 0.3) is 0 Å². The quantitative estimate of drug-likeness (QED) is 0.172. The topological polar surface area (TPSA) is 119 Å². The molecule has 2 aliphatic heterocycles. The van der Waals surface area contributed by atoms with Gasteiger partial charge in [-0.05, 0) is 85.6 Å². The lowest BCUT2D eigenvalue weighted by Gasteiger charge is -2.35. The molecular formula is C41H68N4O8. The number of aryl methyl sites for hydroxylation is 2. The summed E-state index contributed by atoms with van der Waals surface area (Å²) < 4.78 is 27.5. The number of piperazine rings is 2. The first-order valence-corrected chi connectivity index (χ1v) is 17.8. The monoisotopic (exact) mass is 745 g/mol. The molecule has 12 nitrogen and oxygen atoms in total. The van der Waals surface area contributed by atoms with Gasteiger partial charge in [-0.1, -0.05) is 39.1 Å². The molecule has 0 aliphatic carbocycles. The maximum absolute atomic E-state index is 12.2. The first kappa shape index (κ1) is 47.2. The van der Waals surface area contributed by atoms with Crippen LogP contribution in [0.5, 0.6) is 11.5 Å². The fourth-order valence-electron chi connectivity index (χ4n) is 5.45. The normalized spacial score (nSPS) is 15.4. The van der Waals surface area contributed by atoms with Crippen molar-refractivity contribution in [2.24, 2.45) is 0 Å². The highest BCUT2D eigenvalue weighted by Gasteiger charge is 2.27.